The van der Waals surface area contributed by atoms with Crippen molar-refractivity contribution >= 4 is 11.6 Å². The maximum Gasteiger partial charge on any atom is 0.145 e. The molecule has 1 atom stereocenters. The van der Waals surface area contributed by atoms with Crippen molar-refractivity contribution in [2.24, 2.45) is 16.7 Å². The molecule has 0 spiro atoms. The van der Waals surface area contributed by atoms with E-state index < -0.39 is 0 Å². The molecular weight excluding hydrogens is 176 g/mol. The molecule has 0 radical (unpaired) electrons. The van der Waals surface area contributed by atoms with E-state index in [0.717, 1.165) is 6.42 Å². The van der Waals surface area contributed by atoms with E-state index in [0.29, 0.717) is 0 Å². The molecule has 80 valence electrons. The molecule has 0 aliphatic heterocycles. The van der Waals surface area contributed by atoms with Gasteiger partial charge in [0, 0.05) is 11.3 Å². The zero-order chi connectivity index (χ0) is 11.1. The molecule has 1 aliphatic rings. The van der Waals surface area contributed by atoms with E-state index >= 15 is 0 Å². The van der Waals surface area contributed by atoms with Crippen molar-refractivity contribution in [3.05, 3.63) is 0 Å². The van der Waals surface area contributed by atoms with Crippen LogP contribution in [0.3, 0.4) is 0 Å². The molecule has 1 aliphatic carbocycles. The van der Waals surface area contributed by atoms with Crippen molar-refractivity contribution in [3.63, 3.8) is 0 Å². The SMILES string of the molecule is CC(C)(C)C(=O)CC(=O)C1CC1(C)C. The number of ketones is 2. The molecule has 0 aromatic heterocycles. The largest absolute Gasteiger partial charge is 0.299 e. The molecule has 0 aromatic carbocycles. The van der Waals surface area contributed by atoms with Crippen LogP contribution >= 0.6 is 0 Å². The van der Waals surface area contributed by atoms with Crippen molar-refractivity contribution < 1.29 is 9.59 Å². The summed E-state index contributed by atoms with van der Waals surface area (Å²) in [6.45, 7) is 9.75. The molecule has 0 bridgehead atoms. The van der Waals surface area contributed by atoms with Crippen LogP contribution in [0.1, 0.15) is 47.5 Å². The lowest BCUT2D eigenvalue weighted by Crippen LogP contribution is -2.24. The first kappa shape index (κ1) is 11.4. The first-order valence-corrected chi connectivity index (χ1v) is 5.20. The number of Topliss-reactive ketones (excluding diaryl/α,β-unsaturated/α-hetero) is 2. The second-order valence-electron chi connectivity index (χ2n) is 6.06. The molecule has 1 saturated carbocycles. The second-order valence-corrected chi connectivity index (χ2v) is 6.06. The molecule has 0 aromatic rings. The summed E-state index contributed by atoms with van der Waals surface area (Å²) in [5.74, 6) is 0.328. The highest BCUT2D eigenvalue weighted by atomic mass is 16.1. The van der Waals surface area contributed by atoms with Gasteiger partial charge in [0.25, 0.3) is 0 Å². The van der Waals surface area contributed by atoms with Crippen molar-refractivity contribution in [1.29, 1.82) is 0 Å². The fraction of sp³-hybridized carbons (Fsp3) is 0.833. The average molecular weight is 196 g/mol. The fourth-order valence-corrected chi connectivity index (χ4v) is 1.56. The Hall–Kier alpha value is -0.660. The van der Waals surface area contributed by atoms with Gasteiger partial charge in [-0.3, -0.25) is 9.59 Å². The molecule has 14 heavy (non-hydrogen) atoms. The molecule has 2 heteroatoms. The Morgan fingerprint density at radius 2 is 1.71 bits per heavy atom. The molecule has 0 heterocycles. The predicted octanol–water partition coefficient (Wildman–Crippen LogP) is 2.61. The third-order valence-electron chi connectivity index (χ3n) is 3.07. The number of carbonyl (C=O) groups excluding carboxylic acids is 2. The van der Waals surface area contributed by atoms with Crippen molar-refractivity contribution in [1.82, 2.24) is 0 Å². The topological polar surface area (TPSA) is 34.1 Å². The van der Waals surface area contributed by atoms with Crippen molar-refractivity contribution in [2.45, 2.75) is 47.5 Å². The van der Waals surface area contributed by atoms with E-state index in [1.54, 1.807) is 0 Å². The van der Waals surface area contributed by atoms with Gasteiger partial charge in [0.2, 0.25) is 0 Å². The van der Waals surface area contributed by atoms with Crippen LogP contribution < -0.4 is 0 Å². The van der Waals surface area contributed by atoms with Gasteiger partial charge in [-0.1, -0.05) is 34.6 Å². The van der Waals surface area contributed by atoms with Gasteiger partial charge in [0.05, 0.1) is 6.42 Å². The highest BCUT2D eigenvalue weighted by molar-refractivity contribution is 6.03. The van der Waals surface area contributed by atoms with Gasteiger partial charge in [-0.2, -0.15) is 0 Å². The van der Waals surface area contributed by atoms with Crippen molar-refractivity contribution in [2.75, 3.05) is 0 Å². The zero-order valence-corrected chi connectivity index (χ0v) is 9.81. The van der Waals surface area contributed by atoms with Gasteiger partial charge in [-0.25, -0.2) is 0 Å². The predicted molar refractivity (Wildman–Crippen MR) is 56.0 cm³/mol. The Bertz CT molecular complexity index is 269. The summed E-state index contributed by atoms with van der Waals surface area (Å²) < 4.78 is 0. The summed E-state index contributed by atoms with van der Waals surface area (Å²) in [6.07, 6.45) is 1.07. The highest BCUT2D eigenvalue weighted by Gasteiger charge is 2.50. The van der Waals surface area contributed by atoms with E-state index in [1.807, 2.05) is 20.8 Å². The lowest BCUT2D eigenvalue weighted by Gasteiger charge is -2.15. The lowest BCUT2D eigenvalue weighted by molar-refractivity contribution is -0.132. The monoisotopic (exact) mass is 196 g/mol. The van der Waals surface area contributed by atoms with Crippen LogP contribution in [-0.2, 0) is 9.59 Å². The van der Waals surface area contributed by atoms with Crippen LogP contribution in [0.5, 0.6) is 0 Å². The average Bonchev–Trinajstić information content (AvgIpc) is 2.57. The summed E-state index contributed by atoms with van der Waals surface area (Å²) in [7, 11) is 0. The third-order valence-corrected chi connectivity index (χ3v) is 3.07. The molecule has 0 saturated heterocycles. The number of rotatable bonds is 3. The molecule has 1 unspecified atom stereocenters. The van der Waals surface area contributed by atoms with Gasteiger partial charge in [0.15, 0.2) is 0 Å². The maximum atomic E-state index is 11.7. The van der Waals surface area contributed by atoms with Gasteiger partial charge in [0.1, 0.15) is 11.6 Å². The van der Waals surface area contributed by atoms with E-state index in [1.165, 1.54) is 0 Å². The van der Waals surface area contributed by atoms with Crippen LogP contribution in [0.2, 0.25) is 0 Å². The fourth-order valence-electron chi connectivity index (χ4n) is 1.56. The molecule has 2 nitrogen and oxygen atoms in total. The van der Waals surface area contributed by atoms with Gasteiger partial charge in [-0.05, 0) is 11.8 Å². The molecule has 1 fully saturated rings. The Morgan fingerprint density at radius 1 is 1.29 bits per heavy atom. The Labute approximate surface area is 86.1 Å². The Morgan fingerprint density at radius 3 is 2.00 bits per heavy atom. The molecular formula is C12H20O2. The standard InChI is InChI=1S/C12H20O2/c1-11(2,3)10(14)6-9(13)8-7-12(8,4)5/h8H,6-7H2,1-5H3. The van der Waals surface area contributed by atoms with E-state index in [9.17, 15) is 9.59 Å². The van der Waals surface area contributed by atoms with Crippen LogP contribution in [0.4, 0.5) is 0 Å². The number of hydrogen-bond acceptors (Lipinski definition) is 2. The minimum Gasteiger partial charge on any atom is -0.299 e. The van der Waals surface area contributed by atoms with E-state index in [2.05, 4.69) is 13.8 Å². The zero-order valence-electron chi connectivity index (χ0n) is 9.81. The normalized spacial score (nSPS) is 24.5. The van der Waals surface area contributed by atoms with Crippen LogP contribution in [-0.4, -0.2) is 11.6 Å². The van der Waals surface area contributed by atoms with Crippen LogP contribution in [0, 0.1) is 16.7 Å². The summed E-state index contributed by atoms with van der Waals surface area (Å²) in [5, 5.41) is 0. The first-order valence-electron chi connectivity index (χ1n) is 5.20. The lowest BCUT2D eigenvalue weighted by atomic mass is 9.87. The minimum absolute atomic E-state index is 0.0604. The van der Waals surface area contributed by atoms with Crippen LogP contribution in [0.15, 0.2) is 0 Å². The van der Waals surface area contributed by atoms with Gasteiger partial charge < -0.3 is 0 Å². The molecule has 1 rings (SSSR count). The number of carbonyl (C=O) groups is 2. The Balaban J connectivity index is 2.48. The Kier molecular flexibility index (Phi) is 2.59. The van der Waals surface area contributed by atoms with Gasteiger partial charge in [-0.15, -0.1) is 0 Å². The summed E-state index contributed by atoms with van der Waals surface area (Å²) in [6, 6.07) is 0. The van der Waals surface area contributed by atoms with Crippen LogP contribution in [0.25, 0.3) is 0 Å². The summed E-state index contributed by atoms with van der Waals surface area (Å²) in [5.41, 5.74) is -0.232. The summed E-state index contributed by atoms with van der Waals surface area (Å²) in [4.78, 5) is 23.3. The second kappa shape index (κ2) is 3.18. The quantitative estimate of drug-likeness (QED) is 0.650. The minimum atomic E-state index is -0.380. The smallest absolute Gasteiger partial charge is 0.145 e. The highest BCUT2D eigenvalue weighted by Crippen LogP contribution is 2.52. The maximum absolute atomic E-state index is 11.7. The number of hydrogen-bond donors (Lipinski definition) is 0. The van der Waals surface area contributed by atoms with Crippen molar-refractivity contribution in [3.8, 4) is 0 Å². The summed E-state index contributed by atoms with van der Waals surface area (Å²) >= 11 is 0. The third kappa shape index (κ3) is 2.43. The molecule has 0 amide bonds. The van der Waals surface area contributed by atoms with E-state index in [4.69, 9.17) is 0 Å². The first-order chi connectivity index (χ1) is 6.14. The molecule has 0 N–H and O–H groups in total. The van der Waals surface area contributed by atoms with Gasteiger partial charge >= 0.3 is 0 Å². The van der Waals surface area contributed by atoms with E-state index in [-0.39, 0.29) is 34.7 Å².